The molecule has 1 heterocycles. The summed E-state index contributed by atoms with van der Waals surface area (Å²) in [6.07, 6.45) is -0.377. The molecular weight excluding hydrogens is 304 g/mol. The Balaban J connectivity index is 2.98. The van der Waals surface area contributed by atoms with E-state index in [2.05, 4.69) is 15.9 Å². The van der Waals surface area contributed by atoms with Gasteiger partial charge in [0.05, 0.1) is 15.5 Å². The van der Waals surface area contributed by atoms with Crippen molar-refractivity contribution in [1.82, 2.24) is 0 Å². The number of carbonyl (C=O) groups is 1. The van der Waals surface area contributed by atoms with Crippen molar-refractivity contribution in [2.75, 3.05) is 0 Å². The third-order valence-corrected chi connectivity index (χ3v) is 6.11. The van der Waals surface area contributed by atoms with Gasteiger partial charge in [-0.05, 0) is 35.0 Å². The van der Waals surface area contributed by atoms with Crippen LogP contribution in [-0.2, 0) is 14.6 Å². The van der Waals surface area contributed by atoms with Crippen molar-refractivity contribution in [3.8, 4) is 0 Å². The van der Waals surface area contributed by atoms with Gasteiger partial charge < -0.3 is 5.11 Å². The first-order valence-electron chi connectivity index (χ1n) is 4.05. The first kappa shape index (κ1) is 12.7. The summed E-state index contributed by atoms with van der Waals surface area (Å²) in [5.41, 5.74) is 0. The quantitative estimate of drug-likeness (QED) is 0.924. The largest absolute Gasteiger partial charge is 0.481 e. The SMILES string of the molecule is CC(CC(=O)O)S(=O)(=O)c1ccc(Br)s1. The molecule has 1 rings (SSSR count). The summed E-state index contributed by atoms with van der Waals surface area (Å²) in [6.45, 7) is 1.40. The van der Waals surface area contributed by atoms with E-state index in [4.69, 9.17) is 5.11 Å². The van der Waals surface area contributed by atoms with E-state index in [1.54, 1.807) is 6.07 Å². The lowest BCUT2D eigenvalue weighted by atomic mass is 10.3. The monoisotopic (exact) mass is 312 g/mol. The van der Waals surface area contributed by atoms with E-state index in [1.807, 2.05) is 0 Å². The molecular formula is C8H9BrO4S2. The highest BCUT2D eigenvalue weighted by Crippen LogP contribution is 2.29. The number of carboxylic acid groups (broad SMARTS) is 1. The molecule has 0 amide bonds. The van der Waals surface area contributed by atoms with Crippen molar-refractivity contribution < 1.29 is 18.3 Å². The van der Waals surface area contributed by atoms with Gasteiger partial charge >= 0.3 is 5.97 Å². The summed E-state index contributed by atoms with van der Waals surface area (Å²) in [6, 6.07) is 3.10. The second-order valence-corrected chi connectivity index (χ2v) is 8.07. The molecule has 0 aliphatic heterocycles. The molecule has 0 fully saturated rings. The molecule has 0 aromatic carbocycles. The molecule has 4 nitrogen and oxygen atoms in total. The van der Waals surface area contributed by atoms with Crippen LogP contribution in [0.4, 0.5) is 0 Å². The zero-order valence-electron chi connectivity index (χ0n) is 7.81. The summed E-state index contributed by atoms with van der Waals surface area (Å²) in [5, 5.41) is 7.63. The number of hydrogen-bond acceptors (Lipinski definition) is 4. The summed E-state index contributed by atoms with van der Waals surface area (Å²) in [5.74, 6) is -1.11. The molecule has 1 aromatic heterocycles. The number of hydrogen-bond donors (Lipinski definition) is 1. The molecule has 1 atom stereocenters. The molecule has 1 aromatic rings. The lowest BCUT2D eigenvalue weighted by molar-refractivity contribution is -0.136. The molecule has 0 bridgehead atoms. The van der Waals surface area contributed by atoms with Crippen LogP contribution in [0, 0.1) is 0 Å². The van der Waals surface area contributed by atoms with Crippen molar-refractivity contribution in [2.45, 2.75) is 22.8 Å². The molecule has 0 radical (unpaired) electrons. The highest BCUT2D eigenvalue weighted by molar-refractivity contribution is 9.11. The highest BCUT2D eigenvalue weighted by Gasteiger charge is 2.26. The van der Waals surface area contributed by atoms with Gasteiger partial charge in [-0.2, -0.15) is 0 Å². The number of carboxylic acids is 1. The Kier molecular flexibility index (Phi) is 3.91. The Morgan fingerprint density at radius 2 is 2.20 bits per heavy atom. The fourth-order valence-corrected chi connectivity index (χ4v) is 4.69. The van der Waals surface area contributed by atoms with Crippen LogP contribution < -0.4 is 0 Å². The van der Waals surface area contributed by atoms with E-state index in [0.717, 1.165) is 11.3 Å². The molecule has 7 heteroatoms. The molecule has 1 unspecified atom stereocenters. The predicted molar refractivity (Wildman–Crippen MR) is 60.9 cm³/mol. The van der Waals surface area contributed by atoms with Crippen LogP contribution >= 0.6 is 27.3 Å². The minimum Gasteiger partial charge on any atom is -0.481 e. The van der Waals surface area contributed by atoms with Gasteiger partial charge in [0.1, 0.15) is 4.21 Å². The Morgan fingerprint density at radius 1 is 1.60 bits per heavy atom. The molecule has 0 saturated carbocycles. The van der Waals surface area contributed by atoms with E-state index in [1.165, 1.54) is 13.0 Å². The Labute approximate surface area is 100.0 Å². The minimum atomic E-state index is -3.51. The normalized spacial score (nSPS) is 13.7. The van der Waals surface area contributed by atoms with E-state index in [0.29, 0.717) is 3.79 Å². The zero-order chi connectivity index (χ0) is 11.6. The number of aliphatic carboxylic acids is 1. The van der Waals surface area contributed by atoms with Crippen molar-refractivity contribution in [1.29, 1.82) is 0 Å². The van der Waals surface area contributed by atoms with E-state index >= 15 is 0 Å². The standard InChI is InChI=1S/C8H9BrO4S2/c1-5(4-7(10)11)15(12,13)8-3-2-6(9)14-8/h2-3,5H,4H2,1H3,(H,10,11). The van der Waals surface area contributed by atoms with Gasteiger partial charge in [-0.1, -0.05) is 0 Å². The summed E-state index contributed by atoms with van der Waals surface area (Å²) in [4.78, 5) is 10.4. The maximum atomic E-state index is 11.8. The van der Waals surface area contributed by atoms with Gasteiger partial charge in [-0.25, -0.2) is 8.42 Å². The molecule has 0 saturated heterocycles. The Bertz CT molecular complexity index is 463. The summed E-state index contributed by atoms with van der Waals surface area (Å²) < 4.78 is 24.5. The first-order chi connectivity index (χ1) is 6.84. The lowest BCUT2D eigenvalue weighted by Crippen LogP contribution is -2.20. The Morgan fingerprint density at radius 3 is 2.60 bits per heavy atom. The van der Waals surface area contributed by atoms with Gasteiger partial charge in [0.15, 0.2) is 9.84 Å². The van der Waals surface area contributed by atoms with Crippen LogP contribution in [0.2, 0.25) is 0 Å². The minimum absolute atomic E-state index is 0.197. The fraction of sp³-hybridized carbons (Fsp3) is 0.375. The van der Waals surface area contributed by atoms with Gasteiger partial charge in [0.2, 0.25) is 0 Å². The predicted octanol–water partition coefficient (Wildman–Crippen LogP) is 2.15. The topological polar surface area (TPSA) is 71.4 Å². The van der Waals surface area contributed by atoms with Crippen molar-refractivity contribution in [3.05, 3.63) is 15.9 Å². The second kappa shape index (κ2) is 4.63. The van der Waals surface area contributed by atoms with Crippen LogP contribution in [-0.4, -0.2) is 24.7 Å². The molecule has 0 aliphatic carbocycles. The number of thiophene rings is 1. The van der Waals surface area contributed by atoms with Gasteiger partial charge in [0, 0.05) is 0 Å². The summed E-state index contributed by atoms with van der Waals surface area (Å²) in [7, 11) is -3.51. The van der Waals surface area contributed by atoms with Gasteiger partial charge in [-0.15, -0.1) is 11.3 Å². The average Bonchev–Trinajstić information content (AvgIpc) is 2.50. The van der Waals surface area contributed by atoms with Crippen molar-refractivity contribution in [3.63, 3.8) is 0 Å². The second-order valence-electron chi connectivity index (χ2n) is 3.01. The molecule has 0 spiro atoms. The highest BCUT2D eigenvalue weighted by atomic mass is 79.9. The Hall–Kier alpha value is -0.400. The molecule has 84 valence electrons. The molecule has 15 heavy (non-hydrogen) atoms. The molecule has 1 N–H and O–H groups in total. The van der Waals surface area contributed by atoms with E-state index in [-0.39, 0.29) is 10.6 Å². The first-order valence-corrected chi connectivity index (χ1v) is 7.20. The fourth-order valence-electron chi connectivity index (χ4n) is 1.00. The maximum Gasteiger partial charge on any atom is 0.304 e. The number of rotatable bonds is 4. The van der Waals surface area contributed by atoms with Crippen LogP contribution in [0.3, 0.4) is 0 Å². The van der Waals surface area contributed by atoms with E-state index in [9.17, 15) is 13.2 Å². The van der Waals surface area contributed by atoms with Crippen LogP contribution in [0.5, 0.6) is 0 Å². The maximum absolute atomic E-state index is 11.8. The number of sulfone groups is 1. The molecule has 0 aliphatic rings. The van der Waals surface area contributed by atoms with Crippen LogP contribution in [0.15, 0.2) is 20.1 Å². The van der Waals surface area contributed by atoms with E-state index < -0.39 is 21.1 Å². The number of halogens is 1. The van der Waals surface area contributed by atoms with Crippen molar-refractivity contribution in [2.24, 2.45) is 0 Å². The third-order valence-electron chi connectivity index (χ3n) is 1.82. The van der Waals surface area contributed by atoms with Gasteiger partial charge in [0.25, 0.3) is 0 Å². The zero-order valence-corrected chi connectivity index (χ0v) is 11.0. The van der Waals surface area contributed by atoms with Gasteiger partial charge in [-0.3, -0.25) is 4.79 Å². The van der Waals surface area contributed by atoms with Crippen LogP contribution in [0.25, 0.3) is 0 Å². The third kappa shape index (κ3) is 3.02. The van der Waals surface area contributed by atoms with Crippen molar-refractivity contribution >= 4 is 43.1 Å². The summed E-state index contributed by atoms with van der Waals surface area (Å²) >= 11 is 4.25. The lowest BCUT2D eigenvalue weighted by Gasteiger charge is -2.07. The average molecular weight is 313 g/mol. The smallest absolute Gasteiger partial charge is 0.304 e. The van der Waals surface area contributed by atoms with Crippen LogP contribution in [0.1, 0.15) is 13.3 Å².